The van der Waals surface area contributed by atoms with E-state index >= 15 is 0 Å². The van der Waals surface area contributed by atoms with Gasteiger partial charge in [-0.25, -0.2) is 0 Å². The lowest BCUT2D eigenvalue weighted by molar-refractivity contribution is 1.12. The van der Waals surface area contributed by atoms with E-state index in [1.54, 1.807) is 0 Å². The van der Waals surface area contributed by atoms with Crippen LogP contribution in [-0.2, 0) is 0 Å². The molecule has 3 aromatic rings. The Balaban J connectivity index is 2.27. The van der Waals surface area contributed by atoms with E-state index in [-0.39, 0.29) is 0 Å². The summed E-state index contributed by atoms with van der Waals surface area (Å²) in [6.45, 7) is 5.82. The summed E-state index contributed by atoms with van der Waals surface area (Å²) >= 11 is 0. The Morgan fingerprint density at radius 2 is 1.90 bits per heavy atom. The van der Waals surface area contributed by atoms with Crippen molar-refractivity contribution in [2.75, 3.05) is 0 Å². The van der Waals surface area contributed by atoms with Gasteiger partial charge in [0, 0.05) is 17.3 Å². The van der Waals surface area contributed by atoms with Crippen molar-refractivity contribution < 1.29 is 0 Å². The summed E-state index contributed by atoms with van der Waals surface area (Å²) in [7, 11) is 0. The normalized spacial score (nSPS) is 10.4. The number of hydrogen-bond donors (Lipinski definition) is 0. The van der Waals surface area contributed by atoms with Gasteiger partial charge in [0.25, 0.3) is 0 Å². The first-order valence-corrected chi connectivity index (χ1v) is 6.47. The lowest BCUT2D eigenvalue weighted by atomic mass is 10.1. The third-order valence-corrected chi connectivity index (χ3v) is 3.49. The molecule has 0 bridgehead atoms. The van der Waals surface area contributed by atoms with Crippen molar-refractivity contribution in [2.45, 2.75) is 6.92 Å². The van der Waals surface area contributed by atoms with Crippen LogP contribution in [-0.4, -0.2) is 4.57 Å². The molecule has 20 heavy (non-hydrogen) atoms. The summed E-state index contributed by atoms with van der Waals surface area (Å²) in [4.78, 5) is 0. The van der Waals surface area contributed by atoms with E-state index in [1.807, 2.05) is 48.7 Å². The molecule has 0 aliphatic heterocycles. The van der Waals surface area contributed by atoms with Gasteiger partial charge in [-0.2, -0.15) is 5.26 Å². The van der Waals surface area contributed by atoms with E-state index in [2.05, 4.69) is 30.2 Å². The van der Waals surface area contributed by atoms with Gasteiger partial charge in [0.05, 0.1) is 11.1 Å². The second-order valence-corrected chi connectivity index (χ2v) is 4.84. The van der Waals surface area contributed by atoms with Crippen LogP contribution in [0, 0.1) is 18.3 Å². The highest BCUT2D eigenvalue weighted by Gasteiger charge is 2.09. The molecule has 2 nitrogen and oxygen atoms in total. The van der Waals surface area contributed by atoms with E-state index in [1.165, 1.54) is 5.56 Å². The highest BCUT2D eigenvalue weighted by atomic mass is 15.0. The van der Waals surface area contributed by atoms with Gasteiger partial charge in [-0.15, -0.1) is 0 Å². The monoisotopic (exact) mass is 258 g/mol. The Labute approximate surface area is 118 Å². The van der Waals surface area contributed by atoms with E-state index < -0.39 is 0 Å². The lowest BCUT2D eigenvalue weighted by Crippen LogP contribution is -1.91. The van der Waals surface area contributed by atoms with E-state index in [0.717, 1.165) is 22.2 Å². The molecule has 0 fully saturated rings. The Morgan fingerprint density at radius 1 is 1.15 bits per heavy atom. The molecule has 0 amide bonds. The van der Waals surface area contributed by atoms with Gasteiger partial charge in [0.15, 0.2) is 0 Å². The fourth-order valence-electron chi connectivity index (χ4n) is 2.41. The number of hydrogen-bond acceptors (Lipinski definition) is 1. The first-order valence-electron chi connectivity index (χ1n) is 6.47. The summed E-state index contributed by atoms with van der Waals surface area (Å²) in [5.74, 6) is 0. The molecule has 0 saturated carbocycles. The molecule has 1 aromatic heterocycles. The predicted octanol–water partition coefficient (Wildman–Crippen LogP) is 4.45. The summed E-state index contributed by atoms with van der Waals surface area (Å²) in [6, 6.07) is 16.6. The Bertz CT molecular complexity index is 830. The van der Waals surface area contributed by atoms with Crippen molar-refractivity contribution in [3.8, 4) is 11.8 Å². The molecular formula is C18H14N2. The molecule has 1 heterocycles. The maximum atomic E-state index is 9.27. The molecule has 0 unspecified atom stereocenters. The first kappa shape index (κ1) is 12.3. The maximum absolute atomic E-state index is 9.27. The van der Waals surface area contributed by atoms with Gasteiger partial charge in [-0.1, -0.05) is 36.9 Å². The van der Waals surface area contributed by atoms with Gasteiger partial charge < -0.3 is 4.57 Å². The fourth-order valence-corrected chi connectivity index (χ4v) is 2.41. The minimum absolute atomic E-state index is 0.702. The minimum atomic E-state index is 0.702. The molecule has 0 spiro atoms. The average molecular weight is 258 g/mol. The van der Waals surface area contributed by atoms with Crippen LogP contribution in [0.15, 0.2) is 55.2 Å². The Kier molecular flexibility index (Phi) is 2.89. The van der Waals surface area contributed by atoms with Crippen LogP contribution in [0.2, 0.25) is 0 Å². The number of nitrogens with zero attached hydrogens (tertiary/aromatic N) is 2. The lowest BCUT2D eigenvalue weighted by Gasteiger charge is -2.06. The number of nitriles is 1. The minimum Gasteiger partial charge on any atom is -0.315 e. The van der Waals surface area contributed by atoms with Gasteiger partial charge in [0.2, 0.25) is 0 Å². The average Bonchev–Trinajstić information content (AvgIpc) is 2.85. The highest BCUT2D eigenvalue weighted by Crippen LogP contribution is 2.25. The third kappa shape index (κ3) is 1.90. The molecule has 0 saturated heterocycles. The Morgan fingerprint density at radius 3 is 2.55 bits per heavy atom. The van der Waals surface area contributed by atoms with Crippen LogP contribution >= 0.6 is 0 Å². The van der Waals surface area contributed by atoms with Crippen LogP contribution in [0.1, 0.15) is 16.7 Å². The van der Waals surface area contributed by atoms with Gasteiger partial charge in [-0.3, -0.25) is 0 Å². The van der Waals surface area contributed by atoms with E-state index in [4.69, 9.17) is 0 Å². The smallest absolute Gasteiger partial charge is 0.101 e. The molecule has 2 heteroatoms. The molecule has 2 aromatic carbocycles. The Hall–Kier alpha value is -2.79. The molecule has 3 rings (SSSR count). The molecule has 0 N–H and O–H groups in total. The molecular weight excluding hydrogens is 244 g/mol. The number of aromatic nitrogens is 1. The quantitative estimate of drug-likeness (QED) is 0.667. The largest absolute Gasteiger partial charge is 0.315 e. The summed E-state index contributed by atoms with van der Waals surface area (Å²) in [5, 5.41) is 10.3. The molecule has 0 aliphatic rings. The summed E-state index contributed by atoms with van der Waals surface area (Å²) in [6.07, 6.45) is 3.72. The van der Waals surface area contributed by atoms with Crippen LogP contribution in [0.3, 0.4) is 0 Å². The van der Waals surface area contributed by atoms with Crippen molar-refractivity contribution in [1.82, 2.24) is 4.57 Å². The SMILES string of the molecule is C=Cc1ccc(-n2cc(C#N)c3ccc(C)cc32)cc1. The highest BCUT2D eigenvalue weighted by molar-refractivity contribution is 5.88. The van der Waals surface area contributed by atoms with Crippen LogP contribution in [0.5, 0.6) is 0 Å². The predicted molar refractivity (Wildman–Crippen MR) is 82.8 cm³/mol. The van der Waals surface area contributed by atoms with Gasteiger partial charge in [0.1, 0.15) is 6.07 Å². The van der Waals surface area contributed by atoms with Crippen molar-refractivity contribution in [2.24, 2.45) is 0 Å². The van der Waals surface area contributed by atoms with E-state index in [0.29, 0.717) is 5.56 Å². The third-order valence-electron chi connectivity index (χ3n) is 3.49. The van der Waals surface area contributed by atoms with Gasteiger partial charge in [-0.05, 0) is 36.2 Å². The molecule has 0 atom stereocenters. The fraction of sp³-hybridized carbons (Fsp3) is 0.0556. The zero-order valence-corrected chi connectivity index (χ0v) is 11.3. The van der Waals surface area contributed by atoms with Crippen molar-refractivity contribution >= 4 is 17.0 Å². The van der Waals surface area contributed by atoms with Crippen molar-refractivity contribution in [3.63, 3.8) is 0 Å². The number of fused-ring (bicyclic) bond motifs is 1. The van der Waals surface area contributed by atoms with Crippen LogP contribution in [0.25, 0.3) is 22.7 Å². The van der Waals surface area contributed by atoms with E-state index in [9.17, 15) is 5.26 Å². The zero-order chi connectivity index (χ0) is 14.1. The zero-order valence-electron chi connectivity index (χ0n) is 11.3. The topological polar surface area (TPSA) is 28.7 Å². The number of rotatable bonds is 2. The summed E-state index contributed by atoms with van der Waals surface area (Å²) < 4.78 is 2.06. The summed E-state index contributed by atoms with van der Waals surface area (Å²) in [5.41, 5.74) is 5.08. The molecule has 96 valence electrons. The number of benzene rings is 2. The molecule has 0 aliphatic carbocycles. The first-order chi connectivity index (χ1) is 9.72. The van der Waals surface area contributed by atoms with Gasteiger partial charge >= 0.3 is 0 Å². The van der Waals surface area contributed by atoms with Crippen LogP contribution in [0.4, 0.5) is 0 Å². The van der Waals surface area contributed by atoms with Crippen molar-refractivity contribution in [1.29, 1.82) is 5.26 Å². The number of aryl methyl sites for hydroxylation is 1. The molecule has 0 radical (unpaired) electrons. The maximum Gasteiger partial charge on any atom is 0.101 e. The van der Waals surface area contributed by atoms with Crippen molar-refractivity contribution in [3.05, 3.63) is 71.9 Å². The standard InChI is InChI=1S/C18H14N2/c1-3-14-5-7-16(8-6-14)20-12-15(11-19)17-9-4-13(2)10-18(17)20/h3-10,12H,1H2,2H3. The van der Waals surface area contributed by atoms with Crippen LogP contribution < -0.4 is 0 Å². The second kappa shape index (κ2) is 4.71. The second-order valence-electron chi connectivity index (χ2n) is 4.84.